The van der Waals surface area contributed by atoms with Gasteiger partial charge >= 0.3 is 0 Å². The van der Waals surface area contributed by atoms with E-state index >= 15 is 0 Å². The maximum atomic E-state index is 5.32. The third-order valence-electron chi connectivity index (χ3n) is 3.31. The summed E-state index contributed by atoms with van der Waals surface area (Å²) >= 11 is 0. The molecule has 112 valence electrons. The van der Waals surface area contributed by atoms with Gasteiger partial charge in [0.1, 0.15) is 11.6 Å². The fourth-order valence-electron chi connectivity index (χ4n) is 2.15. The number of hydrogen-bond acceptors (Lipinski definition) is 5. The summed E-state index contributed by atoms with van der Waals surface area (Å²) < 4.78 is 5.32. The number of hydrogen-bond donors (Lipinski definition) is 1. The molecule has 3 aromatic rings. The molecule has 22 heavy (non-hydrogen) atoms. The van der Waals surface area contributed by atoms with Crippen LogP contribution < -0.4 is 10.2 Å². The number of rotatable bonds is 5. The molecule has 0 aliphatic carbocycles. The van der Waals surface area contributed by atoms with Crippen LogP contribution in [0.3, 0.4) is 0 Å². The van der Waals surface area contributed by atoms with E-state index < -0.39 is 0 Å². The first kappa shape index (κ1) is 14.1. The van der Waals surface area contributed by atoms with Crippen molar-refractivity contribution in [1.82, 2.24) is 9.97 Å². The van der Waals surface area contributed by atoms with E-state index in [0.717, 1.165) is 23.0 Å². The summed E-state index contributed by atoms with van der Waals surface area (Å²) in [6.07, 6.45) is 1.66. The van der Waals surface area contributed by atoms with Crippen LogP contribution >= 0.6 is 0 Å². The van der Waals surface area contributed by atoms with Crippen molar-refractivity contribution in [1.29, 1.82) is 0 Å². The molecule has 0 atom stereocenters. The van der Waals surface area contributed by atoms with Crippen molar-refractivity contribution in [3.05, 3.63) is 66.2 Å². The standard InChI is InChI=1S/C17H18N4O/c1-13-11-16(18-12-15-9-6-10-22-15)20-17(19-13)21(2)14-7-4-3-5-8-14/h3-11H,12H2,1-2H3,(H,18,19,20). The lowest BCUT2D eigenvalue weighted by Crippen LogP contribution is -2.14. The van der Waals surface area contributed by atoms with Crippen LogP contribution in [0.1, 0.15) is 11.5 Å². The molecule has 2 aromatic heterocycles. The van der Waals surface area contributed by atoms with Crippen molar-refractivity contribution in [2.75, 3.05) is 17.3 Å². The van der Waals surface area contributed by atoms with Gasteiger partial charge in [0.15, 0.2) is 0 Å². The van der Waals surface area contributed by atoms with E-state index in [4.69, 9.17) is 4.42 Å². The Hall–Kier alpha value is -2.82. The summed E-state index contributed by atoms with van der Waals surface area (Å²) in [6, 6.07) is 15.8. The summed E-state index contributed by atoms with van der Waals surface area (Å²) in [7, 11) is 1.96. The minimum atomic E-state index is 0.595. The van der Waals surface area contributed by atoms with E-state index in [0.29, 0.717) is 12.5 Å². The molecule has 2 heterocycles. The van der Waals surface area contributed by atoms with Crippen LogP contribution in [0.2, 0.25) is 0 Å². The van der Waals surface area contributed by atoms with Crippen molar-refractivity contribution >= 4 is 17.5 Å². The summed E-state index contributed by atoms with van der Waals surface area (Å²) in [5, 5.41) is 3.26. The average Bonchev–Trinajstić information content (AvgIpc) is 3.06. The van der Waals surface area contributed by atoms with Crippen molar-refractivity contribution in [2.24, 2.45) is 0 Å². The maximum Gasteiger partial charge on any atom is 0.231 e. The summed E-state index contributed by atoms with van der Waals surface area (Å²) in [5.74, 6) is 2.31. The molecule has 0 saturated heterocycles. The second-order valence-electron chi connectivity index (χ2n) is 5.02. The van der Waals surface area contributed by atoms with E-state index in [1.807, 2.05) is 67.4 Å². The van der Waals surface area contributed by atoms with Crippen LogP contribution in [0.4, 0.5) is 17.5 Å². The number of nitrogens with one attached hydrogen (secondary N) is 1. The zero-order chi connectivity index (χ0) is 15.4. The Bertz CT molecular complexity index is 726. The average molecular weight is 294 g/mol. The SMILES string of the molecule is Cc1cc(NCc2ccco2)nc(N(C)c2ccccc2)n1. The minimum Gasteiger partial charge on any atom is -0.467 e. The molecule has 0 spiro atoms. The predicted octanol–water partition coefficient (Wildman–Crippen LogP) is 3.76. The number of nitrogens with zero attached hydrogens (tertiary/aromatic N) is 3. The molecule has 0 fully saturated rings. The molecule has 1 aromatic carbocycles. The van der Waals surface area contributed by atoms with Gasteiger partial charge < -0.3 is 14.6 Å². The molecule has 3 rings (SSSR count). The van der Waals surface area contributed by atoms with Crippen LogP contribution in [0.15, 0.2) is 59.2 Å². The zero-order valence-corrected chi connectivity index (χ0v) is 12.7. The Morgan fingerprint density at radius 3 is 2.64 bits per heavy atom. The Kier molecular flexibility index (Phi) is 4.05. The Morgan fingerprint density at radius 1 is 1.09 bits per heavy atom. The van der Waals surface area contributed by atoms with Crippen molar-refractivity contribution in [3.8, 4) is 0 Å². The molecule has 5 nitrogen and oxygen atoms in total. The lowest BCUT2D eigenvalue weighted by atomic mass is 10.3. The number of anilines is 3. The van der Waals surface area contributed by atoms with Gasteiger partial charge in [-0.05, 0) is 31.2 Å². The monoisotopic (exact) mass is 294 g/mol. The first-order chi connectivity index (χ1) is 10.7. The van der Waals surface area contributed by atoms with Gasteiger partial charge in [-0.1, -0.05) is 18.2 Å². The third kappa shape index (κ3) is 3.25. The van der Waals surface area contributed by atoms with Crippen molar-refractivity contribution < 1.29 is 4.42 Å². The van der Waals surface area contributed by atoms with Crippen LogP contribution in [-0.4, -0.2) is 17.0 Å². The molecule has 1 N–H and O–H groups in total. The largest absolute Gasteiger partial charge is 0.467 e. The quantitative estimate of drug-likeness (QED) is 0.776. The van der Waals surface area contributed by atoms with E-state index in [1.54, 1.807) is 6.26 Å². The highest BCUT2D eigenvalue weighted by Gasteiger charge is 2.09. The normalized spacial score (nSPS) is 10.5. The van der Waals surface area contributed by atoms with Gasteiger partial charge in [-0.3, -0.25) is 0 Å². The van der Waals surface area contributed by atoms with E-state index in [9.17, 15) is 0 Å². The minimum absolute atomic E-state index is 0.595. The van der Waals surface area contributed by atoms with Gasteiger partial charge in [-0.25, -0.2) is 4.98 Å². The van der Waals surface area contributed by atoms with E-state index in [2.05, 4.69) is 15.3 Å². The van der Waals surface area contributed by atoms with Crippen LogP contribution in [0.5, 0.6) is 0 Å². The molecular formula is C17H18N4O. The first-order valence-electron chi connectivity index (χ1n) is 7.13. The molecule has 0 unspecified atom stereocenters. The Balaban J connectivity index is 1.80. The fourth-order valence-corrected chi connectivity index (χ4v) is 2.15. The highest BCUT2D eigenvalue weighted by atomic mass is 16.3. The number of para-hydroxylation sites is 1. The molecule has 0 radical (unpaired) electrons. The van der Waals surface area contributed by atoms with Crippen molar-refractivity contribution in [2.45, 2.75) is 13.5 Å². The van der Waals surface area contributed by atoms with E-state index in [-0.39, 0.29) is 0 Å². The van der Waals surface area contributed by atoms with Gasteiger partial charge in [0.05, 0.1) is 12.8 Å². The number of aryl methyl sites for hydroxylation is 1. The zero-order valence-electron chi connectivity index (χ0n) is 12.7. The molecule has 0 aliphatic rings. The molecule has 0 saturated carbocycles. The van der Waals surface area contributed by atoms with Gasteiger partial charge in [0.25, 0.3) is 0 Å². The van der Waals surface area contributed by atoms with Gasteiger partial charge in [0.2, 0.25) is 5.95 Å². The molecular weight excluding hydrogens is 276 g/mol. The second-order valence-corrected chi connectivity index (χ2v) is 5.02. The van der Waals surface area contributed by atoms with E-state index in [1.165, 1.54) is 0 Å². The van der Waals surface area contributed by atoms with Crippen LogP contribution in [-0.2, 0) is 6.54 Å². The highest BCUT2D eigenvalue weighted by molar-refractivity contribution is 5.57. The van der Waals surface area contributed by atoms with Gasteiger partial charge in [-0.2, -0.15) is 4.98 Å². The summed E-state index contributed by atoms with van der Waals surface area (Å²) in [6.45, 7) is 2.56. The number of benzene rings is 1. The summed E-state index contributed by atoms with van der Waals surface area (Å²) in [5.41, 5.74) is 1.96. The number of aromatic nitrogens is 2. The molecule has 0 amide bonds. The lowest BCUT2D eigenvalue weighted by Gasteiger charge is -2.18. The highest BCUT2D eigenvalue weighted by Crippen LogP contribution is 2.21. The lowest BCUT2D eigenvalue weighted by molar-refractivity contribution is 0.518. The second kappa shape index (κ2) is 6.30. The molecule has 5 heteroatoms. The predicted molar refractivity (Wildman–Crippen MR) is 87.3 cm³/mol. The number of furan rings is 1. The first-order valence-corrected chi connectivity index (χ1v) is 7.13. The van der Waals surface area contributed by atoms with Crippen molar-refractivity contribution in [3.63, 3.8) is 0 Å². The third-order valence-corrected chi connectivity index (χ3v) is 3.31. The fraction of sp³-hybridized carbons (Fsp3) is 0.176. The van der Waals surface area contributed by atoms with Crippen LogP contribution in [0, 0.1) is 6.92 Å². The molecule has 0 aliphatic heterocycles. The molecule has 0 bridgehead atoms. The summed E-state index contributed by atoms with van der Waals surface area (Å²) in [4.78, 5) is 11.0. The smallest absolute Gasteiger partial charge is 0.231 e. The topological polar surface area (TPSA) is 54.2 Å². The Labute approximate surface area is 129 Å². The van der Waals surface area contributed by atoms with Gasteiger partial charge in [-0.15, -0.1) is 0 Å². The van der Waals surface area contributed by atoms with Crippen LogP contribution in [0.25, 0.3) is 0 Å². The maximum absolute atomic E-state index is 5.32. The van der Waals surface area contributed by atoms with Gasteiger partial charge in [0, 0.05) is 24.5 Å². The Morgan fingerprint density at radius 2 is 1.91 bits per heavy atom.